The van der Waals surface area contributed by atoms with Gasteiger partial charge in [-0.3, -0.25) is 9.36 Å². The lowest BCUT2D eigenvalue weighted by molar-refractivity contribution is -0.113. The van der Waals surface area contributed by atoms with Crippen LogP contribution in [0.3, 0.4) is 0 Å². The molecule has 0 aliphatic rings. The van der Waals surface area contributed by atoms with E-state index in [1.54, 1.807) is 6.08 Å². The quantitative estimate of drug-likeness (QED) is 0.302. The molecule has 0 radical (unpaired) electrons. The molecule has 0 saturated heterocycles. The number of amides is 1. The van der Waals surface area contributed by atoms with E-state index >= 15 is 0 Å². The summed E-state index contributed by atoms with van der Waals surface area (Å²) in [4.78, 5) is 12.5. The molecule has 0 unspecified atom stereocenters. The van der Waals surface area contributed by atoms with Gasteiger partial charge in [0.2, 0.25) is 5.91 Å². The minimum atomic E-state index is -0.0875. The minimum Gasteiger partial charge on any atom is -0.485 e. The lowest BCUT2D eigenvalue weighted by Gasteiger charge is -2.15. The number of nitrogens with one attached hydrogen (secondary N) is 1. The molecule has 1 N–H and O–H groups in total. The normalized spacial score (nSPS) is 11.0. The molecule has 1 amide bonds. The Kier molecular flexibility index (Phi) is 8.33. The van der Waals surface area contributed by atoms with Gasteiger partial charge in [-0.1, -0.05) is 49.9 Å². The lowest BCUT2D eigenvalue weighted by Crippen LogP contribution is -2.15. The topological polar surface area (TPSA) is 69.0 Å². The molecule has 0 atom stereocenters. The SMILES string of the molecule is C=CCn1c(COc2cc(C)ccc2C(C)C)nnc1SCC(=O)Nc1ccc(C)c(C)c1. The predicted octanol–water partition coefficient (Wildman–Crippen LogP) is 5.82. The number of rotatable bonds is 10. The minimum absolute atomic E-state index is 0.0875. The molecular formula is C26H32N4O2S. The number of nitrogens with zero attached hydrogens (tertiary/aromatic N) is 3. The molecule has 1 heterocycles. The summed E-state index contributed by atoms with van der Waals surface area (Å²) in [6.45, 7) is 15.1. The molecule has 3 aromatic rings. The summed E-state index contributed by atoms with van der Waals surface area (Å²) < 4.78 is 8.08. The van der Waals surface area contributed by atoms with Gasteiger partial charge < -0.3 is 10.1 Å². The van der Waals surface area contributed by atoms with Crippen LogP contribution in [0, 0.1) is 20.8 Å². The highest BCUT2D eigenvalue weighted by molar-refractivity contribution is 7.99. The monoisotopic (exact) mass is 464 g/mol. The maximum Gasteiger partial charge on any atom is 0.234 e. The van der Waals surface area contributed by atoms with Crippen LogP contribution >= 0.6 is 11.8 Å². The van der Waals surface area contributed by atoms with Crippen LogP contribution in [0.1, 0.15) is 47.8 Å². The zero-order valence-corrected chi connectivity index (χ0v) is 20.8. The zero-order valence-electron chi connectivity index (χ0n) is 20.0. The first-order chi connectivity index (χ1) is 15.8. The van der Waals surface area contributed by atoms with Gasteiger partial charge in [0, 0.05) is 12.2 Å². The molecule has 0 spiro atoms. The molecule has 174 valence electrons. The van der Waals surface area contributed by atoms with Crippen LogP contribution in [0.5, 0.6) is 5.75 Å². The number of anilines is 1. The van der Waals surface area contributed by atoms with E-state index in [0.29, 0.717) is 30.1 Å². The molecule has 6 nitrogen and oxygen atoms in total. The Hall–Kier alpha value is -3.06. The van der Waals surface area contributed by atoms with Gasteiger partial charge in [-0.25, -0.2) is 0 Å². The molecular weight excluding hydrogens is 432 g/mol. The first-order valence-corrected chi connectivity index (χ1v) is 12.0. The number of aromatic nitrogens is 3. The van der Waals surface area contributed by atoms with E-state index in [1.807, 2.05) is 36.6 Å². The number of hydrogen-bond donors (Lipinski definition) is 1. The van der Waals surface area contributed by atoms with E-state index in [9.17, 15) is 4.79 Å². The molecule has 0 fully saturated rings. The second-order valence-corrected chi connectivity index (χ2v) is 9.36. The molecule has 2 aromatic carbocycles. The standard InChI is InChI=1S/C26H32N4O2S/c1-7-12-30-24(15-32-23-13-18(4)8-11-22(23)17(2)3)28-29-26(30)33-16-25(31)27-21-10-9-19(5)20(6)14-21/h7-11,13-14,17H,1,12,15-16H2,2-6H3,(H,27,31). The smallest absolute Gasteiger partial charge is 0.234 e. The Bertz CT molecular complexity index is 1140. The Morgan fingerprint density at radius 1 is 1.15 bits per heavy atom. The van der Waals surface area contributed by atoms with Crippen molar-refractivity contribution < 1.29 is 9.53 Å². The molecule has 0 saturated carbocycles. The molecule has 0 aliphatic carbocycles. The van der Waals surface area contributed by atoms with Gasteiger partial charge in [0.25, 0.3) is 0 Å². The summed E-state index contributed by atoms with van der Waals surface area (Å²) in [5.74, 6) is 2.06. The molecule has 3 rings (SSSR count). The third-order valence-corrected chi connectivity index (χ3v) is 6.34. The van der Waals surface area contributed by atoms with Crippen LogP contribution < -0.4 is 10.1 Å². The van der Waals surface area contributed by atoms with Crippen LogP contribution in [0.15, 0.2) is 54.2 Å². The molecule has 7 heteroatoms. The highest BCUT2D eigenvalue weighted by Crippen LogP contribution is 2.28. The Morgan fingerprint density at radius 3 is 2.64 bits per heavy atom. The van der Waals surface area contributed by atoms with Gasteiger partial charge in [0.05, 0.1) is 5.75 Å². The predicted molar refractivity (Wildman–Crippen MR) is 135 cm³/mol. The van der Waals surface area contributed by atoms with E-state index in [0.717, 1.165) is 28.1 Å². The average molecular weight is 465 g/mol. The van der Waals surface area contributed by atoms with Crippen LogP contribution in [0.25, 0.3) is 0 Å². The van der Waals surface area contributed by atoms with Crippen LogP contribution in [-0.4, -0.2) is 26.4 Å². The van der Waals surface area contributed by atoms with Crippen LogP contribution in [0.4, 0.5) is 5.69 Å². The number of allylic oxidation sites excluding steroid dienone is 1. The largest absolute Gasteiger partial charge is 0.485 e. The molecule has 1 aromatic heterocycles. The molecule has 0 bridgehead atoms. The molecule has 0 aliphatic heterocycles. The second kappa shape index (κ2) is 11.2. The van der Waals surface area contributed by atoms with Crippen molar-refractivity contribution in [2.24, 2.45) is 0 Å². The fourth-order valence-corrected chi connectivity index (χ4v) is 4.14. The number of carbonyl (C=O) groups excluding carboxylic acids is 1. The molecule has 33 heavy (non-hydrogen) atoms. The summed E-state index contributed by atoms with van der Waals surface area (Å²) in [6.07, 6.45) is 1.79. The van der Waals surface area contributed by atoms with Gasteiger partial charge in [-0.05, 0) is 67.1 Å². The highest BCUT2D eigenvalue weighted by atomic mass is 32.2. The van der Waals surface area contributed by atoms with E-state index in [4.69, 9.17) is 4.74 Å². The summed E-state index contributed by atoms with van der Waals surface area (Å²) >= 11 is 1.35. The Labute approximate surface area is 200 Å². The van der Waals surface area contributed by atoms with Crippen molar-refractivity contribution in [3.63, 3.8) is 0 Å². The number of benzene rings is 2. The van der Waals surface area contributed by atoms with E-state index in [-0.39, 0.29) is 11.7 Å². The number of thioether (sulfide) groups is 1. The summed E-state index contributed by atoms with van der Waals surface area (Å²) in [6, 6.07) is 12.2. The van der Waals surface area contributed by atoms with Crippen molar-refractivity contribution in [3.05, 3.63) is 77.1 Å². The lowest BCUT2D eigenvalue weighted by atomic mass is 10.0. The maximum absolute atomic E-state index is 12.5. The van der Waals surface area contributed by atoms with Gasteiger partial charge in [0.1, 0.15) is 12.4 Å². The van der Waals surface area contributed by atoms with E-state index in [2.05, 4.69) is 61.1 Å². The summed E-state index contributed by atoms with van der Waals surface area (Å²) in [7, 11) is 0. The van der Waals surface area contributed by atoms with Crippen LogP contribution in [0.2, 0.25) is 0 Å². The first kappa shape index (κ1) is 24.6. The second-order valence-electron chi connectivity index (χ2n) is 8.42. The van der Waals surface area contributed by atoms with Crippen molar-refractivity contribution in [2.75, 3.05) is 11.1 Å². The van der Waals surface area contributed by atoms with Crippen molar-refractivity contribution in [3.8, 4) is 5.75 Å². The van der Waals surface area contributed by atoms with E-state index in [1.165, 1.54) is 17.3 Å². The average Bonchev–Trinajstić information content (AvgIpc) is 3.15. The van der Waals surface area contributed by atoms with Crippen molar-refractivity contribution in [2.45, 2.75) is 58.8 Å². The highest BCUT2D eigenvalue weighted by Gasteiger charge is 2.16. The first-order valence-electron chi connectivity index (χ1n) is 11.0. The number of carbonyl (C=O) groups is 1. The number of hydrogen-bond acceptors (Lipinski definition) is 5. The summed E-state index contributed by atoms with van der Waals surface area (Å²) in [5.41, 5.74) is 5.44. The van der Waals surface area contributed by atoms with Crippen LogP contribution in [-0.2, 0) is 17.9 Å². The third-order valence-electron chi connectivity index (χ3n) is 5.38. The van der Waals surface area contributed by atoms with Crippen molar-refractivity contribution in [1.29, 1.82) is 0 Å². The van der Waals surface area contributed by atoms with E-state index < -0.39 is 0 Å². The fourth-order valence-electron chi connectivity index (χ4n) is 3.38. The third kappa shape index (κ3) is 6.48. The Balaban J connectivity index is 1.67. The van der Waals surface area contributed by atoms with Crippen molar-refractivity contribution >= 4 is 23.4 Å². The Morgan fingerprint density at radius 2 is 1.94 bits per heavy atom. The van der Waals surface area contributed by atoms with Gasteiger partial charge >= 0.3 is 0 Å². The van der Waals surface area contributed by atoms with Gasteiger partial charge in [-0.2, -0.15) is 0 Å². The maximum atomic E-state index is 12.5. The number of aryl methyl sites for hydroxylation is 3. The van der Waals surface area contributed by atoms with Gasteiger partial charge in [0.15, 0.2) is 11.0 Å². The number of ether oxygens (including phenoxy) is 1. The van der Waals surface area contributed by atoms with Crippen molar-refractivity contribution in [1.82, 2.24) is 14.8 Å². The summed E-state index contributed by atoms with van der Waals surface area (Å²) in [5, 5.41) is 12.2. The fraction of sp³-hybridized carbons (Fsp3) is 0.346. The van der Waals surface area contributed by atoms with Gasteiger partial charge in [-0.15, -0.1) is 16.8 Å². The zero-order chi connectivity index (χ0) is 24.0.